The summed E-state index contributed by atoms with van der Waals surface area (Å²) in [4.78, 5) is 12.9. The number of carbonyl (C=O) groups excluding carboxylic acids is 1. The Morgan fingerprint density at radius 3 is 2.04 bits per heavy atom. The average Bonchev–Trinajstić information content (AvgIpc) is 3.32. The molecule has 0 saturated carbocycles. The lowest BCUT2D eigenvalue weighted by molar-refractivity contribution is -0.141. The molecule has 0 aliphatic carbocycles. The van der Waals surface area contributed by atoms with Gasteiger partial charge in [0.25, 0.3) is 0 Å². The third-order valence-electron chi connectivity index (χ3n) is 5.35. The van der Waals surface area contributed by atoms with Gasteiger partial charge in [0.05, 0.1) is 18.1 Å². The first-order valence-electron chi connectivity index (χ1n) is 8.53. The van der Waals surface area contributed by atoms with E-state index < -0.39 is 8.07 Å². The zero-order chi connectivity index (χ0) is 17.3. The number of furan rings is 1. The van der Waals surface area contributed by atoms with Gasteiger partial charge in [-0.1, -0.05) is 77.6 Å². The van der Waals surface area contributed by atoms with Crippen molar-refractivity contribution in [2.75, 3.05) is 0 Å². The zero-order valence-corrected chi connectivity index (χ0v) is 15.1. The lowest BCUT2D eigenvalue weighted by Crippen LogP contribution is -2.60. The van der Waals surface area contributed by atoms with Gasteiger partial charge in [-0.3, -0.25) is 4.79 Å². The van der Waals surface area contributed by atoms with E-state index in [1.165, 1.54) is 10.4 Å². The minimum Gasteiger partial charge on any atom is -0.472 e. The zero-order valence-electron chi connectivity index (χ0n) is 14.1. The molecule has 2 unspecified atom stereocenters. The number of hydrogen-bond donors (Lipinski definition) is 0. The minimum atomic E-state index is -2.29. The summed E-state index contributed by atoms with van der Waals surface area (Å²) in [6, 6.07) is 22.7. The van der Waals surface area contributed by atoms with Crippen LogP contribution in [-0.2, 0) is 9.53 Å². The van der Waals surface area contributed by atoms with Gasteiger partial charge in [0.15, 0.2) is 0 Å². The van der Waals surface area contributed by atoms with E-state index in [1.807, 2.05) is 18.2 Å². The maximum absolute atomic E-state index is 12.9. The predicted octanol–water partition coefficient (Wildman–Crippen LogP) is 3.53. The highest BCUT2D eigenvalue weighted by Crippen LogP contribution is 2.42. The molecule has 1 aliphatic rings. The largest absolute Gasteiger partial charge is 0.472 e. The van der Waals surface area contributed by atoms with Gasteiger partial charge in [-0.2, -0.15) is 0 Å². The van der Waals surface area contributed by atoms with Gasteiger partial charge in [-0.25, -0.2) is 0 Å². The molecular weight excluding hydrogens is 328 g/mol. The Labute approximate surface area is 148 Å². The van der Waals surface area contributed by atoms with Crippen molar-refractivity contribution >= 4 is 24.4 Å². The van der Waals surface area contributed by atoms with E-state index in [1.54, 1.807) is 12.5 Å². The first-order valence-corrected chi connectivity index (χ1v) is 11.1. The highest BCUT2D eigenvalue weighted by atomic mass is 28.3. The minimum absolute atomic E-state index is 0.0897. The van der Waals surface area contributed by atoms with E-state index in [4.69, 9.17) is 9.15 Å². The number of cyclic esters (lactones) is 1. The van der Waals surface area contributed by atoms with Crippen LogP contribution in [-0.4, -0.2) is 14.0 Å². The van der Waals surface area contributed by atoms with Crippen molar-refractivity contribution in [1.82, 2.24) is 0 Å². The van der Waals surface area contributed by atoms with Crippen LogP contribution < -0.4 is 10.4 Å². The molecule has 1 aromatic heterocycles. The average molecular weight is 348 g/mol. The van der Waals surface area contributed by atoms with E-state index in [0.29, 0.717) is 6.42 Å². The molecular formula is C21H20O3Si. The first-order chi connectivity index (χ1) is 12.2. The molecule has 3 nitrogen and oxygen atoms in total. The van der Waals surface area contributed by atoms with Gasteiger partial charge < -0.3 is 9.15 Å². The third-order valence-corrected chi connectivity index (χ3v) is 10.3. The van der Waals surface area contributed by atoms with Crippen molar-refractivity contribution in [2.45, 2.75) is 24.6 Å². The Morgan fingerprint density at radius 1 is 0.920 bits per heavy atom. The number of rotatable bonds is 4. The van der Waals surface area contributed by atoms with Crippen LogP contribution in [0.2, 0.25) is 12.1 Å². The molecule has 1 saturated heterocycles. The van der Waals surface area contributed by atoms with E-state index in [2.05, 4.69) is 55.1 Å². The van der Waals surface area contributed by atoms with E-state index >= 15 is 0 Å². The van der Waals surface area contributed by atoms with Crippen molar-refractivity contribution in [3.05, 3.63) is 84.8 Å². The molecule has 0 bridgehead atoms. The number of benzene rings is 2. The number of carbonyl (C=O) groups is 1. The van der Waals surface area contributed by atoms with Crippen LogP contribution in [0.4, 0.5) is 0 Å². The fourth-order valence-corrected chi connectivity index (χ4v) is 7.99. The summed E-state index contributed by atoms with van der Waals surface area (Å²) >= 11 is 0. The maximum atomic E-state index is 12.9. The lowest BCUT2D eigenvalue weighted by Gasteiger charge is -2.32. The normalized spacial score (nSPS) is 20.4. The molecule has 0 N–H and O–H groups in total. The van der Waals surface area contributed by atoms with Gasteiger partial charge in [0.2, 0.25) is 0 Å². The molecule has 4 rings (SSSR count). The van der Waals surface area contributed by atoms with Crippen molar-refractivity contribution in [3.63, 3.8) is 0 Å². The molecule has 2 heterocycles. The fraction of sp³-hybridized carbons (Fsp3) is 0.190. The van der Waals surface area contributed by atoms with Crippen molar-refractivity contribution < 1.29 is 13.9 Å². The van der Waals surface area contributed by atoms with Crippen molar-refractivity contribution in [1.29, 1.82) is 0 Å². The van der Waals surface area contributed by atoms with Crippen molar-refractivity contribution in [3.8, 4) is 0 Å². The fourth-order valence-electron chi connectivity index (χ4n) is 3.85. The van der Waals surface area contributed by atoms with E-state index in [9.17, 15) is 4.79 Å². The van der Waals surface area contributed by atoms with Crippen LogP contribution >= 0.6 is 0 Å². The monoisotopic (exact) mass is 348 g/mol. The van der Waals surface area contributed by atoms with Crippen molar-refractivity contribution in [2.24, 2.45) is 0 Å². The molecule has 1 aliphatic heterocycles. The molecule has 2 atom stereocenters. The first kappa shape index (κ1) is 15.9. The smallest absolute Gasteiger partial charge is 0.307 e. The second-order valence-electron chi connectivity index (χ2n) is 6.70. The second-order valence-corrected chi connectivity index (χ2v) is 11.0. The summed E-state index contributed by atoms with van der Waals surface area (Å²) in [5.74, 6) is -0.0897. The number of esters is 1. The lowest BCUT2D eigenvalue weighted by atomic mass is 10.1. The van der Waals surface area contributed by atoms with Crippen LogP contribution in [0.5, 0.6) is 0 Å². The standard InChI is InChI=1S/C21H20O3Si/c1-25(17-8-4-2-5-9-17,18-10-6-3-7-11-18)20-14-19(24-21(20)22)16-12-13-23-15-16/h2-13,15,19-20H,14H2,1H3. The molecule has 2 aromatic carbocycles. The van der Waals surface area contributed by atoms with Crippen LogP contribution in [0.15, 0.2) is 83.7 Å². The highest BCUT2D eigenvalue weighted by molar-refractivity contribution is 7.04. The Balaban J connectivity index is 1.78. The topological polar surface area (TPSA) is 39.4 Å². The molecule has 3 aromatic rings. The van der Waals surface area contributed by atoms with Crippen LogP contribution in [0.3, 0.4) is 0 Å². The third kappa shape index (κ3) is 2.72. The summed E-state index contributed by atoms with van der Waals surface area (Å²) < 4.78 is 10.9. The Morgan fingerprint density at radius 2 is 1.52 bits per heavy atom. The Hall–Kier alpha value is -2.59. The highest BCUT2D eigenvalue weighted by Gasteiger charge is 2.50. The van der Waals surface area contributed by atoms with Crippen LogP contribution in [0, 0.1) is 0 Å². The Kier molecular flexibility index (Phi) is 4.05. The SMILES string of the molecule is C[Si](c1ccccc1)(c1ccccc1)C1CC(c2ccoc2)OC1=O. The van der Waals surface area contributed by atoms with E-state index in [0.717, 1.165) is 5.56 Å². The molecule has 25 heavy (non-hydrogen) atoms. The molecule has 0 spiro atoms. The van der Waals surface area contributed by atoms with Gasteiger partial charge in [-0.15, -0.1) is 0 Å². The van der Waals surface area contributed by atoms with Gasteiger partial charge in [-0.05, 0) is 6.07 Å². The predicted molar refractivity (Wildman–Crippen MR) is 99.7 cm³/mol. The van der Waals surface area contributed by atoms with Gasteiger partial charge in [0.1, 0.15) is 14.2 Å². The summed E-state index contributed by atoms with van der Waals surface area (Å²) in [5, 5.41) is 2.52. The van der Waals surface area contributed by atoms with E-state index in [-0.39, 0.29) is 17.6 Å². The number of ether oxygens (including phenoxy) is 1. The maximum Gasteiger partial charge on any atom is 0.307 e. The quantitative estimate of drug-likeness (QED) is 0.535. The summed E-state index contributed by atoms with van der Waals surface area (Å²) in [6.45, 7) is 2.28. The van der Waals surface area contributed by atoms with Crippen LogP contribution in [0.25, 0.3) is 0 Å². The summed E-state index contributed by atoms with van der Waals surface area (Å²) in [5.41, 5.74) is 0.825. The molecule has 0 amide bonds. The molecule has 4 heteroatoms. The summed E-state index contributed by atoms with van der Waals surface area (Å²) in [7, 11) is -2.29. The second kappa shape index (κ2) is 6.37. The Bertz CT molecular complexity index is 804. The summed E-state index contributed by atoms with van der Waals surface area (Å²) in [6.07, 6.45) is 3.78. The molecule has 126 valence electrons. The van der Waals surface area contributed by atoms with Crippen LogP contribution in [0.1, 0.15) is 18.1 Å². The van der Waals surface area contributed by atoms with Gasteiger partial charge in [0, 0.05) is 12.0 Å². The number of hydrogen-bond acceptors (Lipinski definition) is 3. The molecule has 1 fully saturated rings. The van der Waals surface area contributed by atoms with Gasteiger partial charge >= 0.3 is 5.97 Å². The molecule has 0 radical (unpaired) electrons.